The molecule has 1 atom stereocenters. The van der Waals surface area contributed by atoms with Crippen LogP contribution >= 0.6 is 0 Å². The number of primary sulfonamides is 1. The van der Waals surface area contributed by atoms with Crippen molar-refractivity contribution in [1.29, 1.82) is 0 Å². The molecule has 1 aliphatic carbocycles. The number of hydrogen-bond donors (Lipinski definition) is 2. The van der Waals surface area contributed by atoms with E-state index in [0.29, 0.717) is 0 Å². The van der Waals surface area contributed by atoms with Crippen LogP contribution in [0.1, 0.15) is 46.0 Å². The molecule has 1 unspecified atom stereocenters. The van der Waals surface area contributed by atoms with E-state index in [1.165, 1.54) is 13.3 Å². The molecule has 0 aliphatic heterocycles. The number of carbonyl (C=O) groups excluding carboxylic acids is 1. The van der Waals surface area contributed by atoms with Gasteiger partial charge in [0.25, 0.3) is 0 Å². The third kappa shape index (κ3) is 4.57. The van der Waals surface area contributed by atoms with Gasteiger partial charge in [-0.3, -0.25) is 4.79 Å². The van der Waals surface area contributed by atoms with Gasteiger partial charge in [-0.25, -0.2) is 13.6 Å². The lowest BCUT2D eigenvalue weighted by Gasteiger charge is -2.27. The summed E-state index contributed by atoms with van der Waals surface area (Å²) in [5.41, 5.74) is 0. The monoisotopic (exact) mass is 276 g/mol. The van der Waals surface area contributed by atoms with Crippen LogP contribution in [0.15, 0.2) is 0 Å². The summed E-state index contributed by atoms with van der Waals surface area (Å²) in [5.74, 6) is 0.762. The predicted octanol–water partition coefficient (Wildman–Crippen LogP) is 0.996. The van der Waals surface area contributed by atoms with Gasteiger partial charge in [0.05, 0.1) is 5.25 Å². The van der Waals surface area contributed by atoms with E-state index in [0.717, 1.165) is 31.6 Å². The average molecular weight is 276 g/mol. The highest BCUT2D eigenvalue weighted by Crippen LogP contribution is 2.30. The second-order valence-corrected chi connectivity index (χ2v) is 7.25. The van der Waals surface area contributed by atoms with Gasteiger partial charge in [0.2, 0.25) is 15.9 Å². The second kappa shape index (κ2) is 6.52. The smallest absolute Gasteiger partial charge is 0.223 e. The van der Waals surface area contributed by atoms with Crippen molar-refractivity contribution in [2.24, 2.45) is 17.0 Å². The summed E-state index contributed by atoms with van der Waals surface area (Å²) in [4.78, 5) is 11.9. The van der Waals surface area contributed by atoms with Gasteiger partial charge in [-0.1, -0.05) is 13.3 Å². The fourth-order valence-electron chi connectivity index (χ4n) is 2.34. The first-order valence-electron chi connectivity index (χ1n) is 6.64. The van der Waals surface area contributed by atoms with Crippen LogP contribution in [0.5, 0.6) is 0 Å². The Balaban J connectivity index is 2.34. The van der Waals surface area contributed by atoms with Crippen molar-refractivity contribution in [3.63, 3.8) is 0 Å². The van der Waals surface area contributed by atoms with Gasteiger partial charge in [0.1, 0.15) is 0 Å². The Morgan fingerprint density at radius 2 is 1.89 bits per heavy atom. The summed E-state index contributed by atoms with van der Waals surface area (Å²) >= 11 is 0. The standard InChI is InChI=1S/C12H24N2O3S/c1-3-10-4-6-11(7-5-10)12(15)14-8-9(2)18(13,16)17/h9-11H,3-8H2,1-2H3,(H,14,15)(H2,13,16,17). The molecule has 0 spiro atoms. The van der Waals surface area contributed by atoms with Crippen LogP contribution in [0.4, 0.5) is 0 Å². The zero-order valence-electron chi connectivity index (χ0n) is 11.2. The zero-order valence-corrected chi connectivity index (χ0v) is 12.0. The fourth-order valence-corrected chi connectivity index (χ4v) is 2.65. The van der Waals surface area contributed by atoms with Crippen molar-refractivity contribution in [3.8, 4) is 0 Å². The molecule has 1 saturated carbocycles. The van der Waals surface area contributed by atoms with E-state index in [1.807, 2.05) is 0 Å². The molecule has 1 aliphatic rings. The highest BCUT2D eigenvalue weighted by Gasteiger charge is 2.26. The molecule has 18 heavy (non-hydrogen) atoms. The Morgan fingerprint density at radius 1 is 1.33 bits per heavy atom. The fraction of sp³-hybridized carbons (Fsp3) is 0.917. The Hall–Kier alpha value is -0.620. The largest absolute Gasteiger partial charge is 0.355 e. The zero-order chi connectivity index (χ0) is 13.8. The van der Waals surface area contributed by atoms with Crippen molar-refractivity contribution >= 4 is 15.9 Å². The van der Waals surface area contributed by atoms with Gasteiger partial charge in [0, 0.05) is 12.5 Å². The van der Waals surface area contributed by atoms with Crippen LogP contribution in [0.25, 0.3) is 0 Å². The van der Waals surface area contributed by atoms with Crippen molar-refractivity contribution in [2.75, 3.05) is 6.54 Å². The SMILES string of the molecule is CCC1CCC(C(=O)NCC(C)S(N)(=O)=O)CC1. The van der Waals surface area contributed by atoms with Gasteiger partial charge < -0.3 is 5.32 Å². The summed E-state index contributed by atoms with van der Waals surface area (Å²) in [6.07, 6.45) is 5.19. The Kier molecular flexibility index (Phi) is 5.59. The Morgan fingerprint density at radius 3 is 2.33 bits per heavy atom. The highest BCUT2D eigenvalue weighted by atomic mass is 32.2. The number of hydrogen-bond acceptors (Lipinski definition) is 3. The van der Waals surface area contributed by atoms with E-state index in [4.69, 9.17) is 5.14 Å². The van der Waals surface area contributed by atoms with E-state index < -0.39 is 15.3 Å². The van der Waals surface area contributed by atoms with E-state index >= 15 is 0 Å². The number of carbonyl (C=O) groups is 1. The predicted molar refractivity (Wildman–Crippen MR) is 71.3 cm³/mol. The van der Waals surface area contributed by atoms with E-state index in [1.54, 1.807) is 0 Å². The Labute approximate surface area is 110 Å². The molecule has 3 N–H and O–H groups in total. The van der Waals surface area contributed by atoms with Gasteiger partial charge in [-0.05, 0) is 38.5 Å². The quantitative estimate of drug-likeness (QED) is 0.785. The molecule has 5 nitrogen and oxygen atoms in total. The van der Waals surface area contributed by atoms with Crippen molar-refractivity contribution in [3.05, 3.63) is 0 Å². The third-order valence-electron chi connectivity index (χ3n) is 3.92. The molecule has 1 fully saturated rings. The average Bonchev–Trinajstić information content (AvgIpc) is 2.34. The van der Waals surface area contributed by atoms with Gasteiger partial charge in [0.15, 0.2) is 0 Å². The topological polar surface area (TPSA) is 89.3 Å². The molecule has 0 aromatic rings. The van der Waals surface area contributed by atoms with Gasteiger partial charge >= 0.3 is 0 Å². The maximum atomic E-state index is 11.9. The first-order chi connectivity index (χ1) is 8.34. The third-order valence-corrected chi connectivity index (χ3v) is 5.21. The molecule has 0 aromatic heterocycles. The molecule has 106 valence electrons. The van der Waals surface area contributed by atoms with E-state index in [9.17, 15) is 13.2 Å². The molecule has 0 heterocycles. The van der Waals surface area contributed by atoms with Crippen LogP contribution < -0.4 is 10.5 Å². The van der Waals surface area contributed by atoms with E-state index in [2.05, 4.69) is 12.2 Å². The number of rotatable bonds is 5. The normalized spacial score (nSPS) is 26.6. The second-order valence-electron chi connectivity index (χ2n) is 5.27. The summed E-state index contributed by atoms with van der Waals surface area (Å²) in [6, 6.07) is 0. The van der Waals surface area contributed by atoms with Crippen LogP contribution in [0, 0.1) is 11.8 Å². The molecular weight excluding hydrogens is 252 g/mol. The van der Waals surface area contributed by atoms with Gasteiger partial charge in [-0.2, -0.15) is 0 Å². The first kappa shape index (κ1) is 15.4. The first-order valence-corrected chi connectivity index (χ1v) is 8.24. The minimum Gasteiger partial charge on any atom is -0.355 e. The maximum absolute atomic E-state index is 11.9. The summed E-state index contributed by atoms with van der Waals surface area (Å²) < 4.78 is 22.1. The number of nitrogens with one attached hydrogen (secondary N) is 1. The van der Waals surface area contributed by atoms with Crippen molar-refractivity contribution in [1.82, 2.24) is 5.32 Å². The van der Waals surface area contributed by atoms with Crippen molar-refractivity contribution < 1.29 is 13.2 Å². The van der Waals surface area contributed by atoms with E-state index in [-0.39, 0.29) is 18.4 Å². The molecule has 1 amide bonds. The summed E-state index contributed by atoms with van der Waals surface area (Å²) in [5, 5.41) is 6.97. The summed E-state index contributed by atoms with van der Waals surface area (Å²) in [7, 11) is -3.56. The van der Waals surface area contributed by atoms with Crippen LogP contribution in [0.2, 0.25) is 0 Å². The molecular formula is C12H24N2O3S. The van der Waals surface area contributed by atoms with Crippen LogP contribution in [-0.4, -0.2) is 26.1 Å². The highest BCUT2D eigenvalue weighted by molar-refractivity contribution is 7.89. The molecule has 6 heteroatoms. The number of amides is 1. The Bertz CT molecular complexity index is 373. The van der Waals surface area contributed by atoms with Crippen molar-refractivity contribution in [2.45, 2.75) is 51.2 Å². The molecule has 0 radical (unpaired) electrons. The lowest BCUT2D eigenvalue weighted by molar-refractivity contribution is -0.126. The van der Waals surface area contributed by atoms with Crippen LogP contribution in [0.3, 0.4) is 0 Å². The summed E-state index contributed by atoms with van der Waals surface area (Å²) in [6.45, 7) is 3.79. The minimum absolute atomic E-state index is 0.0277. The van der Waals surface area contributed by atoms with Gasteiger partial charge in [-0.15, -0.1) is 0 Å². The lowest BCUT2D eigenvalue weighted by Crippen LogP contribution is -2.41. The molecule has 1 rings (SSSR count). The number of sulfonamides is 1. The lowest BCUT2D eigenvalue weighted by atomic mass is 9.80. The molecule has 0 saturated heterocycles. The number of nitrogens with two attached hydrogens (primary N) is 1. The molecule has 0 bridgehead atoms. The van der Waals surface area contributed by atoms with Crippen LogP contribution in [-0.2, 0) is 14.8 Å². The maximum Gasteiger partial charge on any atom is 0.223 e. The minimum atomic E-state index is -3.56. The molecule has 0 aromatic carbocycles.